The van der Waals surface area contributed by atoms with E-state index >= 15 is 0 Å². The Morgan fingerprint density at radius 1 is 1.02 bits per heavy atom. The minimum Gasteiger partial charge on any atom is -0.299 e. The number of hydrogen-bond donors (Lipinski definition) is 0. The van der Waals surface area contributed by atoms with Crippen molar-refractivity contribution in [2.24, 2.45) is 29.1 Å². The van der Waals surface area contributed by atoms with Crippen molar-refractivity contribution in [2.45, 2.75) is 109 Å². The van der Waals surface area contributed by atoms with Crippen LogP contribution in [0.5, 0.6) is 0 Å². The van der Waals surface area contributed by atoms with Gasteiger partial charge in [-0.05, 0) is 124 Å². The minimum atomic E-state index is -2.93. The lowest BCUT2D eigenvalue weighted by molar-refractivity contribution is -0.134. The number of carbonyl (C=O) groups excluding carboxylic acids is 2. The number of nitrogens with zero attached hydrogens (tertiary/aromatic N) is 1. The van der Waals surface area contributed by atoms with E-state index in [2.05, 4.69) is 23.7 Å². The molecule has 3 saturated carbocycles. The number of fused-ring (bicyclic) bond motifs is 2. The van der Waals surface area contributed by atoms with Crippen molar-refractivity contribution in [1.29, 1.82) is 0 Å². The van der Waals surface area contributed by atoms with E-state index in [0.29, 0.717) is 35.9 Å². The molecule has 2 aromatic rings. The Morgan fingerprint density at radius 3 is 2.69 bits per heavy atom. The first-order valence-electron chi connectivity index (χ1n) is 16.3. The van der Waals surface area contributed by atoms with E-state index in [1.807, 2.05) is 12.1 Å². The molecular weight excluding hydrogens is 528 g/mol. The van der Waals surface area contributed by atoms with Crippen molar-refractivity contribution in [2.75, 3.05) is 0 Å². The van der Waals surface area contributed by atoms with Crippen LogP contribution in [0.15, 0.2) is 49.2 Å². The SMILES string of the molecule is C=CC(=O)c1cccc(C2CCCC([C@@H]3C[C@H]4CCC[C@@]4(C(=O)C4CCCc5ncc(C(C)(F)F)cc5C4)C3)CC2)c1. The fourth-order valence-electron chi connectivity index (χ4n) is 9.35. The van der Waals surface area contributed by atoms with Crippen molar-refractivity contribution in [1.82, 2.24) is 4.98 Å². The summed E-state index contributed by atoms with van der Waals surface area (Å²) in [4.78, 5) is 31.1. The molecule has 4 aliphatic rings. The Bertz CT molecular complexity index is 1350. The summed E-state index contributed by atoms with van der Waals surface area (Å²) in [6.45, 7) is 4.57. The van der Waals surface area contributed by atoms with Crippen LogP contribution in [-0.4, -0.2) is 16.6 Å². The van der Waals surface area contributed by atoms with Crippen LogP contribution in [0.2, 0.25) is 0 Å². The number of carbonyl (C=O) groups is 2. The number of halogens is 2. The van der Waals surface area contributed by atoms with Crippen LogP contribution >= 0.6 is 0 Å². The molecule has 0 N–H and O–H groups in total. The number of rotatable bonds is 7. The first kappa shape index (κ1) is 29.4. The molecule has 0 radical (unpaired) electrons. The van der Waals surface area contributed by atoms with Crippen LogP contribution in [0.25, 0.3) is 0 Å². The van der Waals surface area contributed by atoms with Crippen molar-refractivity contribution in [3.63, 3.8) is 0 Å². The monoisotopic (exact) mass is 573 g/mol. The number of aromatic nitrogens is 1. The lowest BCUT2D eigenvalue weighted by atomic mass is 9.69. The van der Waals surface area contributed by atoms with Gasteiger partial charge in [0.1, 0.15) is 5.78 Å². The van der Waals surface area contributed by atoms with Gasteiger partial charge in [-0.15, -0.1) is 0 Å². The predicted molar refractivity (Wildman–Crippen MR) is 162 cm³/mol. The maximum Gasteiger partial charge on any atom is 0.272 e. The summed E-state index contributed by atoms with van der Waals surface area (Å²) in [5, 5.41) is 0. The average molecular weight is 574 g/mol. The zero-order chi connectivity index (χ0) is 29.5. The average Bonchev–Trinajstić information content (AvgIpc) is 3.34. The van der Waals surface area contributed by atoms with Crippen LogP contribution in [0.1, 0.15) is 123 Å². The first-order chi connectivity index (χ1) is 20.2. The molecule has 3 unspecified atom stereocenters. The zero-order valence-corrected chi connectivity index (χ0v) is 25.1. The molecule has 0 bridgehead atoms. The lowest BCUT2D eigenvalue weighted by Crippen LogP contribution is -2.37. The topological polar surface area (TPSA) is 47.0 Å². The van der Waals surface area contributed by atoms with E-state index < -0.39 is 5.92 Å². The summed E-state index contributed by atoms with van der Waals surface area (Å²) in [5.41, 5.74) is 3.49. The number of pyridine rings is 1. The van der Waals surface area contributed by atoms with Crippen molar-refractivity contribution in [3.05, 3.63) is 77.1 Å². The number of allylic oxidation sites excluding steroid dienone is 1. The third-order valence-corrected chi connectivity index (χ3v) is 11.5. The summed E-state index contributed by atoms with van der Waals surface area (Å²) in [6.07, 6.45) is 17.1. The molecule has 3 nitrogen and oxygen atoms in total. The second-order valence-electron chi connectivity index (χ2n) is 14.0. The van der Waals surface area contributed by atoms with Gasteiger partial charge >= 0.3 is 0 Å². The fourth-order valence-corrected chi connectivity index (χ4v) is 9.35. The van der Waals surface area contributed by atoms with Crippen molar-refractivity contribution < 1.29 is 18.4 Å². The Hall–Kier alpha value is -2.69. The molecule has 0 aliphatic heterocycles. The van der Waals surface area contributed by atoms with E-state index in [0.717, 1.165) is 81.5 Å². The third kappa shape index (κ3) is 5.65. The highest BCUT2D eigenvalue weighted by atomic mass is 19.3. The summed E-state index contributed by atoms with van der Waals surface area (Å²) >= 11 is 0. The molecule has 1 heterocycles. The Balaban J connectivity index is 1.15. The summed E-state index contributed by atoms with van der Waals surface area (Å²) in [7, 11) is 0. The van der Waals surface area contributed by atoms with Gasteiger partial charge in [0.2, 0.25) is 0 Å². The quantitative estimate of drug-likeness (QED) is 0.144. The van der Waals surface area contributed by atoms with Gasteiger partial charge in [0, 0.05) is 41.3 Å². The van der Waals surface area contributed by atoms with E-state index in [9.17, 15) is 18.4 Å². The van der Waals surface area contributed by atoms with E-state index in [4.69, 9.17) is 0 Å². The van der Waals surface area contributed by atoms with Gasteiger partial charge in [0.05, 0.1) is 0 Å². The molecule has 3 fully saturated rings. The zero-order valence-electron chi connectivity index (χ0n) is 25.1. The van der Waals surface area contributed by atoms with Crippen molar-refractivity contribution in [3.8, 4) is 0 Å². The second kappa shape index (κ2) is 11.8. The number of Topliss-reactive ketones (excluding diaryl/α,β-unsaturated/α-hetero) is 1. The summed E-state index contributed by atoms with van der Waals surface area (Å²) in [6, 6.07) is 9.73. The molecule has 6 rings (SSSR count). The first-order valence-corrected chi connectivity index (χ1v) is 16.3. The van der Waals surface area contributed by atoms with Crippen LogP contribution in [0, 0.1) is 29.1 Å². The fraction of sp³-hybridized carbons (Fsp3) is 0.595. The number of ketones is 2. The van der Waals surface area contributed by atoms with E-state index in [-0.39, 0.29) is 22.7 Å². The predicted octanol–water partition coefficient (Wildman–Crippen LogP) is 9.19. The summed E-state index contributed by atoms with van der Waals surface area (Å²) in [5.74, 6) is -0.402. The molecule has 0 spiro atoms. The molecule has 6 atom stereocenters. The second-order valence-corrected chi connectivity index (χ2v) is 14.0. The standard InChI is InChI=1S/C37H45F2NO2/c1-3-34(41)27-11-5-10-26(18-27)24-8-4-9-25(16-15-24)30-21-31-13-7-17-37(31,22-30)35(42)28-12-6-14-33-29(19-28)20-32(23-40-33)36(2,38)39/h3,5,10-11,18,20,23-25,28,30-31H,1,4,6-9,12-17,19,21-22H2,2H3/t24?,25?,28?,30-,31-,37-/m1/s1. The smallest absolute Gasteiger partial charge is 0.272 e. The Morgan fingerprint density at radius 2 is 1.88 bits per heavy atom. The van der Waals surface area contributed by atoms with Crippen molar-refractivity contribution >= 4 is 11.6 Å². The minimum absolute atomic E-state index is 0.0204. The third-order valence-electron chi connectivity index (χ3n) is 11.5. The van der Waals surface area contributed by atoms with Gasteiger partial charge in [0.25, 0.3) is 5.92 Å². The molecule has 1 aromatic heterocycles. The maximum atomic E-state index is 14.5. The number of hydrogen-bond acceptors (Lipinski definition) is 3. The van der Waals surface area contributed by atoms with Crippen LogP contribution in [0.3, 0.4) is 0 Å². The molecule has 0 amide bonds. The van der Waals surface area contributed by atoms with Crippen LogP contribution in [0.4, 0.5) is 8.78 Å². The van der Waals surface area contributed by atoms with Crippen LogP contribution in [-0.2, 0) is 23.6 Å². The molecule has 42 heavy (non-hydrogen) atoms. The number of aryl methyl sites for hydroxylation is 1. The molecule has 4 aliphatic carbocycles. The number of alkyl halides is 2. The highest BCUT2D eigenvalue weighted by Crippen LogP contribution is 2.61. The van der Waals surface area contributed by atoms with Gasteiger partial charge in [-0.2, -0.15) is 0 Å². The molecular formula is C37H45F2NO2. The van der Waals surface area contributed by atoms with Crippen LogP contribution < -0.4 is 0 Å². The molecule has 1 aromatic carbocycles. The van der Waals surface area contributed by atoms with Gasteiger partial charge in [0.15, 0.2) is 5.78 Å². The molecule has 5 heteroatoms. The van der Waals surface area contributed by atoms with E-state index in [1.54, 1.807) is 6.07 Å². The molecule has 224 valence electrons. The largest absolute Gasteiger partial charge is 0.299 e. The number of benzene rings is 1. The molecule has 0 saturated heterocycles. The highest BCUT2D eigenvalue weighted by Gasteiger charge is 2.56. The maximum absolute atomic E-state index is 14.5. The Kier molecular flexibility index (Phi) is 8.24. The van der Waals surface area contributed by atoms with Gasteiger partial charge in [-0.25, -0.2) is 8.78 Å². The van der Waals surface area contributed by atoms with E-state index in [1.165, 1.54) is 43.5 Å². The van der Waals surface area contributed by atoms with Gasteiger partial charge in [-0.1, -0.05) is 44.0 Å². The Labute approximate surface area is 249 Å². The lowest BCUT2D eigenvalue weighted by Gasteiger charge is -2.33. The normalized spacial score (nSPS) is 31.5. The summed E-state index contributed by atoms with van der Waals surface area (Å²) < 4.78 is 28.2. The van der Waals surface area contributed by atoms with Gasteiger partial charge < -0.3 is 0 Å². The van der Waals surface area contributed by atoms with Gasteiger partial charge in [-0.3, -0.25) is 14.6 Å². The highest BCUT2D eigenvalue weighted by molar-refractivity contribution is 6.04.